The topological polar surface area (TPSA) is 66.5 Å². The molecule has 2 atom stereocenters. The Hall–Kier alpha value is -0.630. The van der Waals surface area contributed by atoms with Crippen LogP contribution in [0.3, 0.4) is 0 Å². The van der Waals surface area contributed by atoms with Gasteiger partial charge in [0.25, 0.3) is 0 Å². The molecule has 3 nitrogen and oxygen atoms in total. The van der Waals surface area contributed by atoms with Crippen LogP contribution in [-0.2, 0) is 6.18 Å². The van der Waals surface area contributed by atoms with E-state index in [0.717, 1.165) is 6.07 Å². The lowest BCUT2D eigenvalue weighted by atomic mass is 10.0. The average Bonchev–Trinajstić information content (AvgIpc) is 2.26. The van der Waals surface area contributed by atoms with E-state index in [0.29, 0.717) is 0 Å². The lowest BCUT2D eigenvalue weighted by Crippen LogP contribution is -2.27. The summed E-state index contributed by atoms with van der Waals surface area (Å²) in [5.74, 6) is 0. The van der Waals surface area contributed by atoms with E-state index >= 15 is 0 Å². The molecule has 2 unspecified atom stereocenters. The van der Waals surface area contributed by atoms with Gasteiger partial charge in [0.1, 0.15) is 6.10 Å². The highest BCUT2D eigenvalue weighted by Crippen LogP contribution is 2.36. The lowest BCUT2D eigenvalue weighted by Gasteiger charge is -2.18. The second-order valence-electron chi connectivity index (χ2n) is 3.48. The zero-order valence-electron chi connectivity index (χ0n) is 8.58. The molecule has 0 aliphatic heterocycles. The van der Waals surface area contributed by atoms with Gasteiger partial charge in [0.15, 0.2) is 0 Å². The van der Waals surface area contributed by atoms with Crippen LogP contribution in [0.4, 0.5) is 13.2 Å². The number of alkyl halides is 3. The van der Waals surface area contributed by atoms with Gasteiger partial charge in [-0.3, -0.25) is 0 Å². The summed E-state index contributed by atoms with van der Waals surface area (Å²) in [6.45, 7) is -0.238. The molecule has 96 valence electrons. The summed E-state index contributed by atoms with van der Waals surface area (Å²) in [6, 6.07) is 3.25. The second-order valence-corrected chi connectivity index (χ2v) is 4.34. The molecule has 0 aliphatic rings. The number of hydrogen-bond acceptors (Lipinski definition) is 3. The smallest absolute Gasteiger partial charge is 0.389 e. The first kappa shape index (κ1) is 14.4. The Bertz CT molecular complexity index is 398. The van der Waals surface area contributed by atoms with Crippen LogP contribution in [0.5, 0.6) is 0 Å². The largest absolute Gasteiger partial charge is 0.417 e. The Morgan fingerprint density at radius 1 is 1.29 bits per heavy atom. The number of benzene rings is 1. The summed E-state index contributed by atoms with van der Waals surface area (Å²) in [5, 5.41) is 18.8. The second kappa shape index (κ2) is 5.34. The van der Waals surface area contributed by atoms with Gasteiger partial charge in [-0.1, -0.05) is 22.0 Å². The van der Waals surface area contributed by atoms with Gasteiger partial charge in [0.2, 0.25) is 0 Å². The van der Waals surface area contributed by atoms with Gasteiger partial charge in [0, 0.05) is 11.0 Å². The molecule has 0 bridgehead atoms. The van der Waals surface area contributed by atoms with E-state index < -0.39 is 23.9 Å². The van der Waals surface area contributed by atoms with Crippen molar-refractivity contribution in [1.82, 2.24) is 0 Å². The standard InChI is InChI=1S/C10H11BrF3NO2/c11-7-2-1-5(9(17)8(16)4-15)3-6(7)10(12,13)14/h1-3,8-9,16-17H,4,15H2. The molecule has 0 aliphatic carbocycles. The van der Waals surface area contributed by atoms with Crippen molar-refractivity contribution in [1.29, 1.82) is 0 Å². The third kappa shape index (κ3) is 3.41. The van der Waals surface area contributed by atoms with Gasteiger partial charge in [-0.2, -0.15) is 13.2 Å². The van der Waals surface area contributed by atoms with Gasteiger partial charge < -0.3 is 15.9 Å². The molecule has 1 aromatic carbocycles. The molecule has 0 saturated heterocycles. The van der Waals surface area contributed by atoms with Crippen molar-refractivity contribution in [2.75, 3.05) is 6.54 Å². The van der Waals surface area contributed by atoms with Crippen LogP contribution in [0.2, 0.25) is 0 Å². The van der Waals surface area contributed by atoms with E-state index in [4.69, 9.17) is 5.73 Å². The first-order valence-electron chi connectivity index (χ1n) is 4.70. The van der Waals surface area contributed by atoms with Crippen LogP contribution in [0.25, 0.3) is 0 Å². The highest BCUT2D eigenvalue weighted by Gasteiger charge is 2.34. The molecule has 17 heavy (non-hydrogen) atoms. The summed E-state index contributed by atoms with van der Waals surface area (Å²) < 4.78 is 37.6. The van der Waals surface area contributed by atoms with Gasteiger partial charge in [0.05, 0.1) is 11.7 Å². The molecule has 0 fully saturated rings. The van der Waals surface area contributed by atoms with E-state index in [2.05, 4.69) is 15.9 Å². The third-order valence-electron chi connectivity index (χ3n) is 2.24. The van der Waals surface area contributed by atoms with Crippen molar-refractivity contribution in [3.05, 3.63) is 33.8 Å². The lowest BCUT2D eigenvalue weighted by molar-refractivity contribution is -0.138. The molecular formula is C10H11BrF3NO2. The van der Waals surface area contributed by atoms with Gasteiger partial charge in [-0.25, -0.2) is 0 Å². The maximum absolute atomic E-state index is 12.6. The maximum Gasteiger partial charge on any atom is 0.417 e. The van der Waals surface area contributed by atoms with Crippen molar-refractivity contribution < 1.29 is 23.4 Å². The minimum atomic E-state index is -4.53. The van der Waals surface area contributed by atoms with Crippen LogP contribution in [0.1, 0.15) is 17.2 Å². The van der Waals surface area contributed by atoms with Crippen LogP contribution >= 0.6 is 15.9 Å². The monoisotopic (exact) mass is 313 g/mol. The van der Waals surface area contributed by atoms with Crippen LogP contribution in [0, 0.1) is 0 Å². The first-order chi connectivity index (χ1) is 7.77. The number of aliphatic hydroxyl groups excluding tert-OH is 2. The Kier molecular flexibility index (Phi) is 4.54. The van der Waals surface area contributed by atoms with Crippen LogP contribution < -0.4 is 5.73 Å². The van der Waals surface area contributed by atoms with Crippen molar-refractivity contribution in [3.8, 4) is 0 Å². The summed E-state index contributed by atoms with van der Waals surface area (Å²) in [6.07, 6.45) is -7.26. The zero-order valence-corrected chi connectivity index (χ0v) is 10.2. The summed E-state index contributed by atoms with van der Waals surface area (Å²) >= 11 is 2.78. The zero-order chi connectivity index (χ0) is 13.2. The highest BCUT2D eigenvalue weighted by atomic mass is 79.9. The predicted molar refractivity (Wildman–Crippen MR) is 59.2 cm³/mol. The minimum Gasteiger partial charge on any atom is -0.389 e. The molecule has 1 rings (SSSR count). The predicted octanol–water partition coefficient (Wildman–Crippen LogP) is 1.82. The number of nitrogens with two attached hydrogens (primary N) is 1. The Morgan fingerprint density at radius 2 is 1.88 bits per heavy atom. The normalized spacial score (nSPS) is 15.7. The SMILES string of the molecule is NCC(O)C(O)c1ccc(Br)c(C(F)(F)F)c1. The summed E-state index contributed by atoms with van der Waals surface area (Å²) in [4.78, 5) is 0. The summed E-state index contributed by atoms with van der Waals surface area (Å²) in [5.41, 5.74) is 4.19. The van der Waals surface area contributed by atoms with Crippen molar-refractivity contribution in [2.45, 2.75) is 18.4 Å². The Balaban J connectivity index is 3.13. The van der Waals surface area contributed by atoms with Crippen molar-refractivity contribution >= 4 is 15.9 Å². The van der Waals surface area contributed by atoms with E-state index in [9.17, 15) is 23.4 Å². The molecule has 0 aromatic heterocycles. The fraction of sp³-hybridized carbons (Fsp3) is 0.400. The number of rotatable bonds is 3. The molecule has 4 N–H and O–H groups in total. The summed E-state index contributed by atoms with van der Waals surface area (Å²) in [7, 11) is 0. The molecule has 1 aromatic rings. The van der Waals surface area contributed by atoms with Gasteiger partial charge in [-0.05, 0) is 17.7 Å². The number of aliphatic hydroxyl groups is 2. The minimum absolute atomic E-state index is 0.0292. The van der Waals surface area contributed by atoms with E-state index in [1.54, 1.807) is 0 Å². The van der Waals surface area contributed by atoms with E-state index in [-0.39, 0.29) is 16.6 Å². The molecular weight excluding hydrogens is 303 g/mol. The molecule has 0 radical (unpaired) electrons. The number of halogens is 4. The molecule has 0 heterocycles. The van der Waals surface area contributed by atoms with Crippen LogP contribution in [0.15, 0.2) is 22.7 Å². The third-order valence-corrected chi connectivity index (χ3v) is 2.93. The fourth-order valence-electron chi connectivity index (χ4n) is 1.30. The molecule has 7 heteroatoms. The fourth-order valence-corrected chi connectivity index (χ4v) is 1.77. The molecule has 0 saturated carbocycles. The Morgan fingerprint density at radius 3 is 2.35 bits per heavy atom. The van der Waals surface area contributed by atoms with E-state index in [1.165, 1.54) is 12.1 Å². The average molecular weight is 314 g/mol. The Labute approximate surface area is 104 Å². The van der Waals surface area contributed by atoms with Crippen LogP contribution in [-0.4, -0.2) is 22.9 Å². The molecule has 0 amide bonds. The van der Waals surface area contributed by atoms with Gasteiger partial charge in [-0.15, -0.1) is 0 Å². The molecule has 0 spiro atoms. The van der Waals surface area contributed by atoms with Crippen molar-refractivity contribution in [2.24, 2.45) is 5.73 Å². The first-order valence-corrected chi connectivity index (χ1v) is 5.49. The quantitative estimate of drug-likeness (QED) is 0.797. The van der Waals surface area contributed by atoms with Gasteiger partial charge >= 0.3 is 6.18 Å². The number of hydrogen-bond donors (Lipinski definition) is 3. The maximum atomic E-state index is 12.6. The van der Waals surface area contributed by atoms with Crippen molar-refractivity contribution in [3.63, 3.8) is 0 Å². The van der Waals surface area contributed by atoms with E-state index in [1.807, 2.05) is 0 Å². The highest BCUT2D eigenvalue weighted by molar-refractivity contribution is 9.10.